The van der Waals surface area contributed by atoms with Crippen molar-refractivity contribution < 1.29 is 14.3 Å². The molecule has 1 aliphatic rings. The van der Waals surface area contributed by atoms with E-state index < -0.39 is 11.8 Å². The molecule has 0 aromatic carbocycles. The van der Waals surface area contributed by atoms with Gasteiger partial charge in [-0.05, 0) is 12.8 Å². The first-order valence-corrected chi connectivity index (χ1v) is 5.57. The van der Waals surface area contributed by atoms with E-state index in [4.69, 9.17) is 21.9 Å². The van der Waals surface area contributed by atoms with Crippen LogP contribution < -0.4 is 17.2 Å². The Morgan fingerprint density at radius 2 is 1.83 bits per heavy atom. The van der Waals surface area contributed by atoms with Crippen LogP contribution >= 0.6 is 0 Å². The molecule has 8 heteroatoms. The highest BCUT2D eigenvalue weighted by molar-refractivity contribution is 6.08. The van der Waals surface area contributed by atoms with Gasteiger partial charge in [-0.1, -0.05) is 0 Å². The van der Waals surface area contributed by atoms with E-state index in [-0.39, 0.29) is 23.1 Å². The van der Waals surface area contributed by atoms with Crippen molar-refractivity contribution in [2.24, 2.45) is 11.5 Å². The lowest BCUT2D eigenvalue weighted by atomic mass is 10.1. The van der Waals surface area contributed by atoms with Crippen molar-refractivity contribution in [1.29, 1.82) is 0 Å². The molecule has 1 aromatic heterocycles. The summed E-state index contributed by atoms with van der Waals surface area (Å²) in [5, 5.41) is 4.01. The SMILES string of the molecule is NC(=O)c1nn(C2CCOCC2)c(N)c1C(N)=O. The Morgan fingerprint density at radius 1 is 1.22 bits per heavy atom. The van der Waals surface area contributed by atoms with Gasteiger partial charge < -0.3 is 21.9 Å². The maximum absolute atomic E-state index is 11.3. The van der Waals surface area contributed by atoms with Gasteiger partial charge in [0.25, 0.3) is 11.8 Å². The van der Waals surface area contributed by atoms with Crippen LogP contribution in [0.2, 0.25) is 0 Å². The average Bonchev–Trinajstić information content (AvgIpc) is 2.68. The number of primary amides is 2. The van der Waals surface area contributed by atoms with Crippen LogP contribution in [-0.4, -0.2) is 34.8 Å². The molecule has 0 aliphatic carbocycles. The predicted octanol–water partition coefficient (Wildman–Crippen LogP) is -0.985. The summed E-state index contributed by atoms with van der Waals surface area (Å²) < 4.78 is 6.67. The van der Waals surface area contributed by atoms with Gasteiger partial charge >= 0.3 is 0 Å². The third-order valence-corrected chi connectivity index (χ3v) is 2.96. The number of hydrogen-bond acceptors (Lipinski definition) is 5. The Morgan fingerprint density at radius 3 is 2.28 bits per heavy atom. The number of carbonyl (C=O) groups excluding carboxylic acids is 2. The van der Waals surface area contributed by atoms with Gasteiger partial charge in [0.15, 0.2) is 5.69 Å². The number of amides is 2. The van der Waals surface area contributed by atoms with Crippen LogP contribution in [0.3, 0.4) is 0 Å². The molecule has 6 N–H and O–H groups in total. The van der Waals surface area contributed by atoms with Crippen LogP contribution in [0.5, 0.6) is 0 Å². The fraction of sp³-hybridized carbons (Fsp3) is 0.500. The van der Waals surface area contributed by atoms with Gasteiger partial charge in [0, 0.05) is 13.2 Å². The lowest BCUT2D eigenvalue weighted by Gasteiger charge is -2.23. The Labute approximate surface area is 103 Å². The Balaban J connectivity index is 2.45. The summed E-state index contributed by atoms with van der Waals surface area (Å²) in [7, 11) is 0. The third-order valence-electron chi connectivity index (χ3n) is 2.96. The maximum Gasteiger partial charge on any atom is 0.270 e. The van der Waals surface area contributed by atoms with Gasteiger partial charge in [-0.3, -0.25) is 9.59 Å². The molecule has 1 saturated heterocycles. The maximum atomic E-state index is 11.3. The molecule has 0 unspecified atom stereocenters. The van der Waals surface area contributed by atoms with Gasteiger partial charge in [0.2, 0.25) is 0 Å². The van der Waals surface area contributed by atoms with E-state index in [1.165, 1.54) is 4.68 Å². The molecule has 1 fully saturated rings. The number of nitrogens with zero attached hydrogens (tertiary/aromatic N) is 2. The lowest BCUT2D eigenvalue weighted by Crippen LogP contribution is -2.22. The van der Waals surface area contributed by atoms with E-state index in [0.29, 0.717) is 26.1 Å². The van der Waals surface area contributed by atoms with Crippen molar-refractivity contribution in [2.45, 2.75) is 18.9 Å². The standard InChI is InChI=1S/C10H15N5O3/c11-8-6(9(12)16)7(10(13)17)14-15(8)5-1-3-18-4-2-5/h5H,1-4,11H2,(H2,12,16)(H2,13,17). The van der Waals surface area contributed by atoms with Gasteiger partial charge in [-0.2, -0.15) is 5.10 Å². The molecule has 0 atom stereocenters. The summed E-state index contributed by atoms with van der Waals surface area (Å²) in [6, 6.07) is -0.00931. The second-order valence-corrected chi connectivity index (χ2v) is 4.13. The quantitative estimate of drug-likeness (QED) is 0.634. The molecule has 2 rings (SSSR count). The summed E-state index contributed by atoms with van der Waals surface area (Å²) in [5.74, 6) is -1.54. The molecule has 0 saturated carbocycles. The number of carbonyl (C=O) groups is 2. The molecule has 0 bridgehead atoms. The molecule has 98 valence electrons. The van der Waals surface area contributed by atoms with Crippen molar-refractivity contribution in [3.63, 3.8) is 0 Å². The highest BCUT2D eigenvalue weighted by Crippen LogP contribution is 2.26. The topological polar surface area (TPSA) is 139 Å². The van der Waals surface area contributed by atoms with Gasteiger partial charge in [-0.25, -0.2) is 4.68 Å². The number of nitrogen functional groups attached to an aromatic ring is 1. The minimum absolute atomic E-state index is 0.00931. The zero-order chi connectivity index (χ0) is 13.3. The summed E-state index contributed by atoms with van der Waals surface area (Å²) >= 11 is 0. The van der Waals surface area contributed by atoms with Crippen LogP contribution in [0.4, 0.5) is 5.82 Å². The first-order valence-electron chi connectivity index (χ1n) is 5.57. The summed E-state index contributed by atoms with van der Waals surface area (Å²) in [6.07, 6.45) is 1.42. The normalized spacial score (nSPS) is 16.7. The Bertz CT molecular complexity index is 490. The minimum Gasteiger partial charge on any atom is -0.383 e. The molecule has 0 spiro atoms. The third kappa shape index (κ3) is 2.02. The Kier molecular flexibility index (Phi) is 3.19. The number of hydrogen-bond donors (Lipinski definition) is 3. The van der Waals surface area contributed by atoms with Crippen molar-refractivity contribution in [3.05, 3.63) is 11.3 Å². The van der Waals surface area contributed by atoms with Crippen molar-refractivity contribution in [3.8, 4) is 0 Å². The zero-order valence-corrected chi connectivity index (χ0v) is 9.76. The van der Waals surface area contributed by atoms with Crippen LogP contribution in [0.25, 0.3) is 0 Å². The second-order valence-electron chi connectivity index (χ2n) is 4.13. The fourth-order valence-corrected chi connectivity index (χ4v) is 2.07. The largest absolute Gasteiger partial charge is 0.383 e. The highest BCUT2D eigenvalue weighted by Gasteiger charge is 2.27. The first-order chi connectivity index (χ1) is 8.52. The molecular weight excluding hydrogens is 238 g/mol. The number of ether oxygens (including phenoxy) is 1. The summed E-state index contributed by atoms with van der Waals surface area (Å²) in [5.41, 5.74) is 15.9. The smallest absolute Gasteiger partial charge is 0.270 e. The van der Waals surface area contributed by atoms with Crippen molar-refractivity contribution >= 4 is 17.6 Å². The molecule has 18 heavy (non-hydrogen) atoms. The van der Waals surface area contributed by atoms with E-state index in [1.807, 2.05) is 0 Å². The van der Waals surface area contributed by atoms with E-state index in [9.17, 15) is 9.59 Å². The summed E-state index contributed by atoms with van der Waals surface area (Å²) in [4.78, 5) is 22.5. The van der Waals surface area contributed by atoms with Crippen LogP contribution in [0.1, 0.15) is 39.7 Å². The molecule has 8 nitrogen and oxygen atoms in total. The molecule has 2 amide bonds. The number of rotatable bonds is 3. The molecule has 0 radical (unpaired) electrons. The molecule has 2 heterocycles. The number of nitrogens with two attached hydrogens (primary N) is 3. The molecule has 1 aliphatic heterocycles. The average molecular weight is 253 g/mol. The van der Waals surface area contributed by atoms with Crippen molar-refractivity contribution in [2.75, 3.05) is 18.9 Å². The molecular formula is C10H15N5O3. The monoisotopic (exact) mass is 253 g/mol. The molecule has 1 aromatic rings. The van der Waals surface area contributed by atoms with E-state index in [1.54, 1.807) is 0 Å². The lowest BCUT2D eigenvalue weighted by molar-refractivity contribution is 0.0667. The predicted molar refractivity (Wildman–Crippen MR) is 62.8 cm³/mol. The van der Waals surface area contributed by atoms with Crippen molar-refractivity contribution in [1.82, 2.24) is 9.78 Å². The highest BCUT2D eigenvalue weighted by atomic mass is 16.5. The summed E-state index contributed by atoms with van der Waals surface area (Å²) in [6.45, 7) is 1.17. The number of aromatic nitrogens is 2. The minimum atomic E-state index is -0.818. The van der Waals surface area contributed by atoms with E-state index >= 15 is 0 Å². The van der Waals surface area contributed by atoms with Gasteiger partial charge in [0.1, 0.15) is 11.4 Å². The fourth-order valence-electron chi connectivity index (χ4n) is 2.07. The van der Waals surface area contributed by atoms with Crippen LogP contribution in [-0.2, 0) is 4.74 Å². The van der Waals surface area contributed by atoms with Crippen LogP contribution in [0, 0.1) is 0 Å². The van der Waals surface area contributed by atoms with E-state index in [2.05, 4.69) is 5.10 Å². The van der Waals surface area contributed by atoms with Gasteiger partial charge in [-0.15, -0.1) is 0 Å². The Hall–Kier alpha value is -2.09. The number of anilines is 1. The van der Waals surface area contributed by atoms with E-state index in [0.717, 1.165) is 0 Å². The van der Waals surface area contributed by atoms with Gasteiger partial charge in [0.05, 0.1) is 6.04 Å². The van der Waals surface area contributed by atoms with Crippen LogP contribution in [0.15, 0.2) is 0 Å². The second kappa shape index (κ2) is 4.65. The first kappa shape index (κ1) is 12.4. The zero-order valence-electron chi connectivity index (χ0n) is 9.76.